The standard InChI is InChI=1S/C10H18N2O2/c1-10(2,3)14-9(13)12-5-6-4-7(12)8(6)11/h6-8H,4-5,11H2,1-3H3/t6-,7?,8?/m1/s1. The van der Waals surface area contributed by atoms with Crippen molar-refractivity contribution in [2.45, 2.75) is 44.9 Å². The van der Waals surface area contributed by atoms with Gasteiger partial charge < -0.3 is 15.4 Å². The minimum Gasteiger partial charge on any atom is -0.444 e. The SMILES string of the molecule is CC(C)(C)OC(=O)N1C[C@H]2CC1C2N. The van der Waals surface area contributed by atoms with E-state index in [-0.39, 0.29) is 18.2 Å². The van der Waals surface area contributed by atoms with E-state index in [4.69, 9.17) is 10.5 Å². The van der Waals surface area contributed by atoms with E-state index in [0.29, 0.717) is 5.92 Å². The number of ether oxygens (including phenoxy) is 1. The predicted octanol–water partition coefficient (Wildman–Crippen LogP) is 0.953. The van der Waals surface area contributed by atoms with Crippen LogP contribution in [0.4, 0.5) is 4.79 Å². The Morgan fingerprint density at radius 3 is 2.50 bits per heavy atom. The van der Waals surface area contributed by atoms with E-state index < -0.39 is 5.60 Å². The van der Waals surface area contributed by atoms with E-state index in [1.807, 2.05) is 20.8 Å². The molecule has 80 valence electrons. The van der Waals surface area contributed by atoms with Crippen LogP contribution in [0.5, 0.6) is 0 Å². The first-order valence-electron chi connectivity index (χ1n) is 5.14. The molecule has 3 fully saturated rings. The second kappa shape index (κ2) is 2.86. The lowest BCUT2D eigenvalue weighted by Gasteiger charge is -2.33. The molecule has 3 aliphatic rings. The van der Waals surface area contributed by atoms with Gasteiger partial charge in [0.05, 0.1) is 6.04 Å². The maximum Gasteiger partial charge on any atom is 0.410 e. The fraction of sp³-hybridized carbons (Fsp3) is 0.900. The Bertz CT molecular complexity index is 259. The highest BCUT2D eigenvalue weighted by molar-refractivity contribution is 5.70. The van der Waals surface area contributed by atoms with Gasteiger partial charge in [-0.3, -0.25) is 0 Å². The van der Waals surface area contributed by atoms with E-state index in [2.05, 4.69) is 0 Å². The van der Waals surface area contributed by atoms with E-state index in [0.717, 1.165) is 13.0 Å². The van der Waals surface area contributed by atoms with Gasteiger partial charge in [0, 0.05) is 12.6 Å². The molecular weight excluding hydrogens is 180 g/mol. The van der Waals surface area contributed by atoms with Crippen LogP contribution in [0.2, 0.25) is 0 Å². The Morgan fingerprint density at radius 1 is 1.50 bits per heavy atom. The van der Waals surface area contributed by atoms with Crippen LogP contribution in [0.1, 0.15) is 27.2 Å². The van der Waals surface area contributed by atoms with Crippen molar-refractivity contribution in [1.29, 1.82) is 0 Å². The summed E-state index contributed by atoms with van der Waals surface area (Å²) >= 11 is 0. The Labute approximate surface area is 84.4 Å². The maximum atomic E-state index is 11.7. The van der Waals surface area contributed by atoms with Crippen LogP contribution < -0.4 is 5.73 Å². The summed E-state index contributed by atoms with van der Waals surface area (Å²) < 4.78 is 5.30. The molecule has 1 saturated carbocycles. The van der Waals surface area contributed by atoms with Crippen molar-refractivity contribution < 1.29 is 9.53 Å². The van der Waals surface area contributed by atoms with Crippen molar-refractivity contribution in [2.24, 2.45) is 11.7 Å². The number of nitrogens with zero attached hydrogens (tertiary/aromatic N) is 1. The number of carbonyl (C=O) groups is 1. The van der Waals surface area contributed by atoms with Crippen LogP contribution in [0, 0.1) is 5.92 Å². The summed E-state index contributed by atoms with van der Waals surface area (Å²) in [6, 6.07) is 0.414. The maximum absolute atomic E-state index is 11.7. The van der Waals surface area contributed by atoms with Crippen LogP contribution in [0.3, 0.4) is 0 Å². The highest BCUT2D eigenvalue weighted by atomic mass is 16.6. The highest BCUT2D eigenvalue weighted by Gasteiger charge is 2.52. The van der Waals surface area contributed by atoms with Crippen LogP contribution in [-0.4, -0.2) is 35.2 Å². The lowest BCUT2D eigenvalue weighted by molar-refractivity contribution is 0.0234. The molecule has 0 radical (unpaired) electrons. The fourth-order valence-electron chi connectivity index (χ4n) is 2.19. The van der Waals surface area contributed by atoms with Crippen LogP contribution in [0.15, 0.2) is 0 Å². The van der Waals surface area contributed by atoms with E-state index in [1.165, 1.54) is 0 Å². The summed E-state index contributed by atoms with van der Waals surface area (Å²) in [5.74, 6) is 0.507. The summed E-state index contributed by atoms with van der Waals surface area (Å²) in [6.07, 6.45) is 0.846. The molecule has 0 aromatic carbocycles. The zero-order valence-electron chi connectivity index (χ0n) is 8.99. The average molecular weight is 198 g/mol. The predicted molar refractivity (Wildman–Crippen MR) is 52.8 cm³/mol. The van der Waals surface area contributed by atoms with Crippen molar-refractivity contribution in [3.05, 3.63) is 0 Å². The van der Waals surface area contributed by atoms with E-state index in [1.54, 1.807) is 4.90 Å². The van der Waals surface area contributed by atoms with Crippen molar-refractivity contribution >= 4 is 6.09 Å². The minimum atomic E-state index is -0.409. The van der Waals surface area contributed by atoms with Crippen LogP contribution in [0.25, 0.3) is 0 Å². The molecule has 14 heavy (non-hydrogen) atoms. The molecule has 2 unspecified atom stereocenters. The second-order valence-corrected chi connectivity index (χ2v) is 5.27. The first kappa shape index (κ1) is 9.77. The number of fused-ring (bicyclic) bond motifs is 1. The van der Waals surface area contributed by atoms with E-state index >= 15 is 0 Å². The van der Waals surface area contributed by atoms with Gasteiger partial charge in [-0.25, -0.2) is 4.79 Å². The fourth-order valence-corrected chi connectivity index (χ4v) is 2.19. The summed E-state index contributed by atoms with van der Waals surface area (Å²) in [6.45, 7) is 6.42. The van der Waals surface area contributed by atoms with Gasteiger partial charge in [-0.2, -0.15) is 0 Å². The normalized spacial score (nSPS) is 35.4. The molecule has 2 heterocycles. The molecule has 4 nitrogen and oxygen atoms in total. The lowest BCUT2D eigenvalue weighted by Crippen LogP contribution is -2.51. The van der Waals surface area contributed by atoms with Crippen molar-refractivity contribution in [2.75, 3.05) is 6.54 Å². The second-order valence-electron chi connectivity index (χ2n) is 5.27. The molecule has 2 saturated heterocycles. The van der Waals surface area contributed by atoms with Crippen molar-refractivity contribution in [1.82, 2.24) is 4.90 Å². The smallest absolute Gasteiger partial charge is 0.410 e. The third-order valence-corrected chi connectivity index (χ3v) is 2.99. The zero-order chi connectivity index (χ0) is 10.5. The Morgan fingerprint density at radius 2 is 2.14 bits per heavy atom. The third kappa shape index (κ3) is 1.47. The first-order valence-corrected chi connectivity index (χ1v) is 5.14. The largest absolute Gasteiger partial charge is 0.444 e. The quantitative estimate of drug-likeness (QED) is 0.630. The monoisotopic (exact) mass is 198 g/mol. The number of hydrogen-bond donors (Lipinski definition) is 1. The molecule has 4 heteroatoms. The van der Waals surface area contributed by atoms with Gasteiger partial charge in [0.1, 0.15) is 5.60 Å². The molecular formula is C10H18N2O2. The minimum absolute atomic E-state index is 0.183. The third-order valence-electron chi connectivity index (χ3n) is 2.99. The lowest BCUT2D eigenvalue weighted by atomic mass is 9.81. The van der Waals surface area contributed by atoms with Gasteiger partial charge in [-0.15, -0.1) is 0 Å². The Hall–Kier alpha value is -0.770. The average Bonchev–Trinajstić information content (AvgIpc) is 2.55. The van der Waals surface area contributed by atoms with Crippen LogP contribution in [-0.2, 0) is 4.74 Å². The summed E-state index contributed by atoms with van der Waals surface area (Å²) in [5.41, 5.74) is 5.46. The summed E-state index contributed by atoms with van der Waals surface area (Å²) in [5, 5.41) is 0. The molecule has 2 aliphatic heterocycles. The van der Waals surface area contributed by atoms with Crippen molar-refractivity contribution in [3.8, 4) is 0 Å². The first-order chi connectivity index (χ1) is 6.38. The van der Waals surface area contributed by atoms with Gasteiger partial charge in [0.25, 0.3) is 0 Å². The number of rotatable bonds is 0. The molecule has 2 N–H and O–H groups in total. The molecule has 0 aromatic heterocycles. The number of nitrogens with two attached hydrogens (primary N) is 1. The molecule has 1 aliphatic carbocycles. The Kier molecular flexibility index (Phi) is 2.00. The van der Waals surface area contributed by atoms with Gasteiger partial charge in [0.2, 0.25) is 0 Å². The molecule has 3 rings (SSSR count). The molecule has 1 amide bonds. The summed E-state index contributed by atoms with van der Waals surface area (Å²) in [7, 11) is 0. The molecule has 0 spiro atoms. The number of hydrogen-bond acceptors (Lipinski definition) is 3. The van der Waals surface area contributed by atoms with Gasteiger partial charge >= 0.3 is 6.09 Å². The van der Waals surface area contributed by atoms with Gasteiger partial charge in [-0.1, -0.05) is 0 Å². The topological polar surface area (TPSA) is 55.6 Å². The van der Waals surface area contributed by atoms with Crippen molar-refractivity contribution in [3.63, 3.8) is 0 Å². The van der Waals surface area contributed by atoms with Gasteiger partial charge in [-0.05, 0) is 33.1 Å². The molecule has 3 atom stereocenters. The molecule has 2 bridgehead atoms. The number of amides is 1. The summed E-state index contributed by atoms with van der Waals surface area (Å²) in [4.78, 5) is 13.5. The molecule has 0 aromatic rings. The van der Waals surface area contributed by atoms with Crippen LogP contribution >= 0.6 is 0 Å². The highest BCUT2D eigenvalue weighted by Crippen LogP contribution is 2.40. The van der Waals surface area contributed by atoms with E-state index in [9.17, 15) is 4.79 Å². The zero-order valence-corrected chi connectivity index (χ0v) is 8.99. The van der Waals surface area contributed by atoms with Gasteiger partial charge in [0.15, 0.2) is 0 Å². The Balaban J connectivity index is 1.94. The number of carbonyl (C=O) groups excluding carboxylic acids is 1.